The molecule has 1 N–H and O–H groups in total. The van der Waals surface area contributed by atoms with E-state index in [0.29, 0.717) is 13.0 Å². The quantitative estimate of drug-likeness (QED) is 0.843. The molecule has 0 radical (unpaired) electrons. The molecule has 1 aromatic rings. The van der Waals surface area contributed by atoms with Crippen LogP contribution in [0, 0.1) is 5.92 Å². The number of nitrogens with zero attached hydrogens (tertiary/aromatic N) is 2. The number of anilines is 2. The van der Waals surface area contributed by atoms with Crippen molar-refractivity contribution < 1.29 is 14.7 Å². The predicted octanol–water partition coefficient (Wildman–Crippen LogP) is 0.942. The Labute approximate surface area is 105 Å². The first-order valence-corrected chi connectivity index (χ1v) is 5.94. The lowest BCUT2D eigenvalue weighted by molar-refractivity contribution is -0.138. The molecule has 0 bridgehead atoms. The molecule has 0 spiro atoms. The van der Waals surface area contributed by atoms with E-state index in [0.717, 1.165) is 11.4 Å². The Morgan fingerprint density at radius 3 is 2.61 bits per heavy atom. The molecule has 1 aromatic carbocycles. The third-order valence-electron chi connectivity index (χ3n) is 3.60. The Hall–Kier alpha value is -2.04. The molecular weight excluding hydrogens is 232 g/mol. The molecule has 1 saturated carbocycles. The number of amides is 1. The standard InChI is InChI=1S/C13H14N2O3/c1-14-7-12(16)15(11-6-8(11)13(17)18)10-5-3-2-4-9(10)14/h2-5,8,11H,6-7H2,1H3,(H,17,18). The first-order valence-electron chi connectivity index (χ1n) is 5.94. The molecule has 2 unspecified atom stereocenters. The number of carbonyl (C=O) groups is 2. The number of likely N-dealkylation sites (N-methyl/N-ethyl adjacent to an activating group) is 1. The Morgan fingerprint density at radius 2 is 2.00 bits per heavy atom. The Balaban J connectivity index is 1.98. The van der Waals surface area contributed by atoms with Crippen molar-refractivity contribution in [1.29, 1.82) is 0 Å². The highest BCUT2D eigenvalue weighted by Crippen LogP contribution is 2.43. The van der Waals surface area contributed by atoms with Crippen molar-refractivity contribution in [2.45, 2.75) is 12.5 Å². The minimum atomic E-state index is -0.816. The third-order valence-corrected chi connectivity index (χ3v) is 3.60. The normalized spacial score (nSPS) is 25.9. The molecule has 1 heterocycles. The fourth-order valence-corrected chi connectivity index (χ4v) is 2.59. The van der Waals surface area contributed by atoms with Gasteiger partial charge in [-0.3, -0.25) is 9.59 Å². The van der Waals surface area contributed by atoms with Crippen molar-refractivity contribution in [3.63, 3.8) is 0 Å². The number of hydrogen-bond acceptors (Lipinski definition) is 3. The number of aliphatic carboxylic acids is 1. The number of rotatable bonds is 2. The highest BCUT2D eigenvalue weighted by Gasteiger charge is 2.50. The largest absolute Gasteiger partial charge is 0.481 e. The van der Waals surface area contributed by atoms with Gasteiger partial charge in [-0.25, -0.2) is 0 Å². The van der Waals surface area contributed by atoms with Crippen LogP contribution in [0.5, 0.6) is 0 Å². The maximum atomic E-state index is 12.1. The van der Waals surface area contributed by atoms with E-state index >= 15 is 0 Å². The lowest BCUT2D eigenvalue weighted by Gasteiger charge is -2.35. The van der Waals surface area contributed by atoms with Gasteiger partial charge in [0.05, 0.1) is 29.9 Å². The molecule has 18 heavy (non-hydrogen) atoms. The van der Waals surface area contributed by atoms with Gasteiger partial charge in [-0.15, -0.1) is 0 Å². The minimum Gasteiger partial charge on any atom is -0.481 e. The number of benzene rings is 1. The molecule has 94 valence electrons. The maximum absolute atomic E-state index is 12.1. The Bertz CT molecular complexity index is 529. The van der Waals surface area contributed by atoms with Crippen LogP contribution >= 0.6 is 0 Å². The van der Waals surface area contributed by atoms with Gasteiger partial charge in [0.15, 0.2) is 0 Å². The van der Waals surface area contributed by atoms with E-state index in [2.05, 4.69) is 0 Å². The summed E-state index contributed by atoms with van der Waals surface area (Å²) in [5.41, 5.74) is 1.80. The van der Waals surface area contributed by atoms with Crippen molar-refractivity contribution in [2.75, 3.05) is 23.4 Å². The van der Waals surface area contributed by atoms with Gasteiger partial charge < -0.3 is 14.9 Å². The van der Waals surface area contributed by atoms with Crippen LogP contribution < -0.4 is 9.80 Å². The van der Waals surface area contributed by atoms with Crippen LogP contribution in [0.1, 0.15) is 6.42 Å². The predicted molar refractivity (Wildman–Crippen MR) is 66.7 cm³/mol. The van der Waals surface area contributed by atoms with Crippen LogP contribution in [-0.4, -0.2) is 36.6 Å². The van der Waals surface area contributed by atoms with Crippen LogP contribution in [-0.2, 0) is 9.59 Å². The van der Waals surface area contributed by atoms with Crippen molar-refractivity contribution >= 4 is 23.3 Å². The number of carboxylic acids is 1. The first-order chi connectivity index (χ1) is 8.59. The lowest BCUT2D eigenvalue weighted by atomic mass is 10.1. The summed E-state index contributed by atoms with van der Waals surface area (Å²) in [7, 11) is 1.87. The molecule has 1 fully saturated rings. The zero-order valence-corrected chi connectivity index (χ0v) is 10.0. The van der Waals surface area contributed by atoms with E-state index in [1.807, 2.05) is 36.2 Å². The molecule has 3 rings (SSSR count). The summed E-state index contributed by atoms with van der Waals surface area (Å²) in [6.07, 6.45) is 0.555. The summed E-state index contributed by atoms with van der Waals surface area (Å²) in [5, 5.41) is 8.99. The van der Waals surface area contributed by atoms with Gasteiger partial charge in [0, 0.05) is 7.05 Å². The molecule has 1 amide bonds. The van der Waals surface area contributed by atoms with Gasteiger partial charge in [0.25, 0.3) is 0 Å². The first kappa shape index (κ1) is 11.1. The molecule has 0 saturated heterocycles. The van der Waals surface area contributed by atoms with Gasteiger partial charge in [-0.2, -0.15) is 0 Å². The maximum Gasteiger partial charge on any atom is 0.308 e. The van der Waals surface area contributed by atoms with E-state index in [4.69, 9.17) is 5.11 Å². The summed E-state index contributed by atoms with van der Waals surface area (Å²) in [6, 6.07) is 7.44. The summed E-state index contributed by atoms with van der Waals surface area (Å²) in [6.45, 7) is 0.305. The van der Waals surface area contributed by atoms with Crippen LogP contribution in [0.2, 0.25) is 0 Å². The van der Waals surface area contributed by atoms with E-state index in [1.165, 1.54) is 0 Å². The van der Waals surface area contributed by atoms with Gasteiger partial charge >= 0.3 is 5.97 Å². The van der Waals surface area contributed by atoms with Crippen LogP contribution in [0.4, 0.5) is 11.4 Å². The third kappa shape index (κ3) is 1.54. The van der Waals surface area contributed by atoms with Crippen molar-refractivity contribution in [2.24, 2.45) is 5.92 Å². The van der Waals surface area contributed by atoms with Gasteiger partial charge in [-0.05, 0) is 18.6 Å². The summed E-state index contributed by atoms with van der Waals surface area (Å²) < 4.78 is 0. The Kier molecular flexibility index (Phi) is 2.29. The van der Waals surface area contributed by atoms with Gasteiger partial charge in [-0.1, -0.05) is 12.1 Å². The zero-order chi connectivity index (χ0) is 12.9. The molecule has 0 aromatic heterocycles. The van der Waals surface area contributed by atoms with Crippen LogP contribution in [0.25, 0.3) is 0 Å². The molecule has 1 aliphatic carbocycles. The average molecular weight is 246 g/mol. The summed E-state index contributed by atoms with van der Waals surface area (Å²) >= 11 is 0. The van der Waals surface area contributed by atoms with E-state index < -0.39 is 11.9 Å². The number of para-hydroxylation sites is 2. The number of carbonyl (C=O) groups excluding carboxylic acids is 1. The monoisotopic (exact) mass is 246 g/mol. The van der Waals surface area contributed by atoms with Gasteiger partial charge in [0.2, 0.25) is 5.91 Å². The number of fused-ring (bicyclic) bond motifs is 1. The highest BCUT2D eigenvalue weighted by molar-refractivity contribution is 6.04. The van der Waals surface area contributed by atoms with Crippen molar-refractivity contribution in [1.82, 2.24) is 0 Å². The average Bonchev–Trinajstić information content (AvgIpc) is 3.09. The molecular formula is C13H14N2O3. The SMILES string of the molecule is CN1CC(=O)N(C2CC2C(=O)O)c2ccccc21. The lowest BCUT2D eigenvalue weighted by Crippen LogP contribution is -2.46. The fraction of sp³-hybridized carbons (Fsp3) is 0.385. The van der Waals surface area contributed by atoms with Crippen molar-refractivity contribution in [3.8, 4) is 0 Å². The van der Waals surface area contributed by atoms with E-state index in [-0.39, 0.29) is 11.9 Å². The molecule has 2 atom stereocenters. The van der Waals surface area contributed by atoms with E-state index in [9.17, 15) is 9.59 Å². The fourth-order valence-electron chi connectivity index (χ4n) is 2.59. The second kappa shape index (κ2) is 3.73. The number of carboxylic acid groups (broad SMARTS) is 1. The molecule has 2 aliphatic rings. The zero-order valence-electron chi connectivity index (χ0n) is 10.0. The Morgan fingerprint density at radius 1 is 1.33 bits per heavy atom. The smallest absolute Gasteiger partial charge is 0.308 e. The molecule has 1 aliphatic heterocycles. The topological polar surface area (TPSA) is 60.9 Å². The van der Waals surface area contributed by atoms with Crippen LogP contribution in [0.15, 0.2) is 24.3 Å². The summed E-state index contributed by atoms with van der Waals surface area (Å²) in [4.78, 5) is 26.6. The second-order valence-electron chi connectivity index (χ2n) is 4.86. The second-order valence-corrected chi connectivity index (χ2v) is 4.86. The van der Waals surface area contributed by atoms with E-state index in [1.54, 1.807) is 4.90 Å². The van der Waals surface area contributed by atoms with Crippen molar-refractivity contribution in [3.05, 3.63) is 24.3 Å². The highest BCUT2D eigenvalue weighted by atomic mass is 16.4. The molecule has 5 heteroatoms. The number of hydrogen-bond donors (Lipinski definition) is 1. The minimum absolute atomic E-state index is 0.0232. The van der Waals surface area contributed by atoms with Crippen LogP contribution in [0.3, 0.4) is 0 Å². The molecule has 5 nitrogen and oxygen atoms in total. The van der Waals surface area contributed by atoms with Gasteiger partial charge in [0.1, 0.15) is 0 Å². The summed E-state index contributed by atoms with van der Waals surface area (Å²) in [5.74, 6) is -1.25.